The molecule has 0 unspecified atom stereocenters. The van der Waals surface area contributed by atoms with Crippen molar-refractivity contribution in [3.63, 3.8) is 0 Å². The molecule has 1 aliphatic heterocycles. The summed E-state index contributed by atoms with van der Waals surface area (Å²) in [5.41, 5.74) is 4.02. The number of benzene rings is 3. The number of hydrogen-bond acceptors (Lipinski definition) is 7. The monoisotopic (exact) mass is 622 g/mol. The fraction of sp³-hybridized carbons (Fsp3) is 0.367. The molecule has 1 aliphatic rings. The Bertz CT molecular complexity index is 1290. The predicted octanol–water partition coefficient (Wildman–Crippen LogP) is 5.08. The molecule has 1 amide bonds. The minimum absolute atomic E-state index is 0.0407. The zero-order chi connectivity index (χ0) is 29.6. The maximum absolute atomic E-state index is 11.9. The highest BCUT2D eigenvalue weighted by Crippen LogP contribution is 2.38. The van der Waals surface area contributed by atoms with E-state index < -0.39 is 22.1 Å². The van der Waals surface area contributed by atoms with Crippen LogP contribution in [-0.2, 0) is 27.4 Å². The highest BCUT2D eigenvalue weighted by atomic mass is 35.6. The van der Waals surface area contributed by atoms with Crippen molar-refractivity contribution in [1.29, 1.82) is 0 Å². The van der Waals surface area contributed by atoms with Crippen LogP contribution in [0, 0.1) is 0 Å². The quantitative estimate of drug-likeness (QED) is 0.233. The lowest BCUT2D eigenvalue weighted by Gasteiger charge is -2.38. The third kappa shape index (κ3) is 9.04. The number of nitrogens with zero attached hydrogens (tertiary/aromatic N) is 1. The number of nitrogens with one attached hydrogen (secondary N) is 1. The lowest BCUT2D eigenvalue weighted by molar-refractivity contribution is -0.252. The average Bonchev–Trinajstić information content (AvgIpc) is 2.95. The summed E-state index contributed by atoms with van der Waals surface area (Å²) in [5, 5.41) is 32.5. The molecule has 4 N–H and O–H groups in total. The van der Waals surface area contributed by atoms with Crippen LogP contribution in [0.15, 0.2) is 72.8 Å². The number of phenolic OH excluding ortho intramolecular Hbond substituents is 1. The molecule has 4 rings (SSSR count). The van der Waals surface area contributed by atoms with Crippen molar-refractivity contribution in [2.75, 3.05) is 20.1 Å². The molecule has 8 nitrogen and oxygen atoms in total. The first kappa shape index (κ1) is 31.5. The second-order valence-corrected chi connectivity index (χ2v) is 12.4. The van der Waals surface area contributed by atoms with Gasteiger partial charge in [-0.25, -0.2) is 0 Å². The number of aliphatic hydroxyl groups is 2. The lowest BCUT2D eigenvalue weighted by atomic mass is 9.99. The van der Waals surface area contributed by atoms with Crippen molar-refractivity contribution in [2.45, 2.75) is 48.0 Å². The first-order valence-electron chi connectivity index (χ1n) is 13.1. The number of carbonyl (C=O) groups excluding carboxylic acids is 1. The summed E-state index contributed by atoms with van der Waals surface area (Å²) in [7, 11) is 1.91. The first-order chi connectivity index (χ1) is 19.5. The van der Waals surface area contributed by atoms with Crippen LogP contribution in [0.2, 0.25) is 0 Å². The van der Waals surface area contributed by atoms with Crippen LogP contribution in [0.3, 0.4) is 0 Å². The molecule has 0 bridgehead atoms. The Kier molecular flexibility index (Phi) is 10.9. The number of phenols is 1. The van der Waals surface area contributed by atoms with Crippen molar-refractivity contribution >= 4 is 40.7 Å². The topological polar surface area (TPSA) is 111 Å². The Hall–Kier alpha value is -2.40. The second-order valence-electron chi connectivity index (χ2n) is 10.1. The van der Waals surface area contributed by atoms with Crippen LogP contribution in [0.5, 0.6) is 5.75 Å². The first-order valence-corrected chi connectivity index (χ1v) is 14.2. The number of rotatable bonds is 10. The van der Waals surface area contributed by atoms with Gasteiger partial charge in [0, 0.05) is 31.6 Å². The third-order valence-corrected chi connectivity index (χ3v) is 7.35. The van der Waals surface area contributed by atoms with E-state index >= 15 is 0 Å². The van der Waals surface area contributed by atoms with Gasteiger partial charge in [0.15, 0.2) is 6.29 Å². The number of aliphatic hydroxyl groups excluding tert-OH is 2. The van der Waals surface area contributed by atoms with Crippen molar-refractivity contribution in [3.8, 4) is 5.75 Å². The van der Waals surface area contributed by atoms with Crippen molar-refractivity contribution < 1.29 is 29.6 Å². The Morgan fingerprint density at radius 3 is 2.32 bits per heavy atom. The normalized spacial score (nSPS) is 20.1. The number of ether oxygens (including phenoxy) is 2. The van der Waals surface area contributed by atoms with E-state index in [0.717, 1.165) is 22.3 Å². The highest BCUT2D eigenvalue weighted by molar-refractivity contribution is 6.76. The van der Waals surface area contributed by atoms with Gasteiger partial charge in [-0.1, -0.05) is 95.5 Å². The molecular weight excluding hydrogens is 591 g/mol. The summed E-state index contributed by atoms with van der Waals surface area (Å²) in [6.07, 6.45) is -1.34. The Balaban J connectivity index is 1.46. The molecule has 0 radical (unpaired) electrons. The van der Waals surface area contributed by atoms with Crippen LogP contribution in [-0.4, -0.2) is 56.2 Å². The number of hydrogen-bond donors (Lipinski definition) is 4. The van der Waals surface area contributed by atoms with Crippen LogP contribution < -0.4 is 5.32 Å². The van der Waals surface area contributed by atoms with E-state index in [9.17, 15) is 20.1 Å². The summed E-state index contributed by atoms with van der Waals surface area (Å²) in [5.74, 6) is -0.602. The molecule has 1 fully saturated rings. The molecule has 41 heavy (non-hydrogen) atoms. The largest absolute Gasteiger partial charge is 0.508 e. The molecule has 0 aliphatic carbocycles. The van der Waals surface area contributed by atoms with E-state index in [1.165, 1.54) is 0 Å². The van der Waals surface area contributed by atoms with E-state index in [-0.39, 0.29) is 31.1 Å². The van der Waals surface area contributed by atoms with Gasteiger partial charge in [-0.3, -0.25) is 4.79 Å². The van der Waals surface area contributed by atoms with Crippen molar-refractivity contribution in [3.05, 3.63) is 101 Å². The SMILES string of the molecule is CN(C[C@@H]1C[C@H](c2ccc(CO)cc2)O[C@H](c2ccc(CNC(=O)C(Cl)(Cl)Cl)cc2)O1)C[C@@H](O)c1cccc(O)c1. The van der Waals surface area contributed by atoms with E-state index in [1.807, 2.05) is 60.5 Å². The van der Waals surface area contributed by atoms with E-state index in [4.69, 9.17) is 44.3 Å². The van der Waals surface area contributed by atoms with Crippen molar-refractivity contribution in [1.82, 2.24) is 10.2 Å². The van der Waals surface area contributed by atoms with Crippen LogP contribution in [0.4, 0.5) is 0 Å². The number of aromatic hydroxyl groups is 1. The summed E-state index contributed by atoms with van der Waals surface area (Å²) in [4.78, 5) is 13.8. The zero-order valence-electron chi connectivity index (χ0n) is 22.4. The molecule has 11 heteroatoms. The number of carbonyl (C=O) groups is 1. The minimum atomic E-state index is -2.03. The predicted molar refractivity (Wildman–Crippen MR) is 158 cm³/mol. The summed E-state index contributed by atoms with van der Waals surface area (Å²) in [6.45, 7) is 1.02. The number of halogens is 3. The number of alkyl halides is 3. The average molecular weight is 624 g/mol. The molecule has 1 saturated heterocycles. The van der Waals surface area contributed by atoms with Crippen LogP contribution >= 0.6 is 34.8 Å². The van der Waals surface area contributed by atoms with Gasteiger partial charge in [0.25, 0.3) is 9.70 Å². The van der Waals surface area contributed by atoms with Crippen molar-refractivity contribution in [2.24, 2.45) is 0 Å². The fourth-order valence-electron chi connectivity index (χ4n) is 4.66. The molecule has 3 aromatic carbocycles. The summed E-state index contributed by atoms with van der Waals surface area (Å²) in [6, 6.07) is 21.6. The van der Waals surface area contributed by atoms with Gasteiger partial charge >= 0.3 is 0 Å². The maximum atomic E-state index is 11.9. The van der Waals surface area contributed by atoms with Crippen LogP contribution in [0.1, 0.15) is 52.7 Å². The Morgan fingerprint density at radius 2 is 1.68 bits per heavy atom. The van der Waals surface area contributed by atoms with Gasteiger partial charge < -0.3 is 35.0 Å². The Morgan fingerprint density at radius 1 is 1.02 bits per heavy atom. The third-order valence-electron chi connectivity index (χ3n) is 6.83. The molecule has 3 aromatic rings. The highest BCUT2D eigenvalue weighted by Gasteiger charge is 2.33. The Labute approximate surface area is 254 Å². The lowest BCUT2D eigenvalue weighted by Crippen LogP contribution is -2.39. The minimum Gasteiger partial charge on any atom is -0.508 e. The standard InChI is InChI=1S/C30H33Cl3N2O6/c1-35(17-26(38)23-3-2-4-24(37)13-23)16-25-14-27(21-9-7-20(18-36)8-10-21)41-28(40-25)22-11-5-19(6-12-22)15-34-29(39)30(31,32)33/h2-13,25-28,36-38H,14-18H2,1H3,(H,34,39)/t25-,26+,27+,28+/m0/s1. The number of amides is 1. The molecule has 220 valence electrons. The smallest absolute Gasteiger partial charge is 0.272 e. The molecular formula is C30H33Cl3N2O6. The number of likely N-dealkylation sites (N-methyl/N-ethyl adjacent to an activating group) is 1. The molecule has 0 saturated carbocycles. The summed E-state index contributed by atoms with van der Waals surface area (Å²) >= 11 is 16.9. The maximum Gasteiger partial charge on any atom is 0.272 e. The van der Waals surface area contributed by atoms with Crippen LogP contribution in [0.25, 0.3) is 0 Å². The fourth-order valence-corrected chi connectivity index (χ4v) is 4.86. The van der Waals surface area contributed by atoms with Gasteiger partial charge in [0.05, 0.1) is 24.9 Å². The van der Waals surface area contributed by atoms with Gasteiger partial charge in [0.1, 0.15) is 5.75 Å². The van der Waals surface area contributed by atoms with E-state index in [2.05, 4.69) is 5.32 Å². The molecule has 0 spiro atoms. The van der Waals surface area contributed by atoms with E-state index in [1.54, 1.807) is 24.3 Å². The van der Waals surface area contributed by atoms with Gasteiger partial charge in [0.2, 0.25) is 0 Å². The molecule has 0 aromatic heterocycles. The van der Waals surface area contributed by atoms with Gasteiger partial charge in [-0.05, 0) is 41.4 Å². The molecule has 4 atom stereocenters. The van der Waals surface area contributed by atoms with E-state index in [0.29, 0.717) is 25.1 Å². The van der Waals surface area contributed by atoms with Gasteiger partial charge in [-0.2, -0.15) is 0 Å². The zero-order valence-corrected chi connectivity index (χ0v) is 24.7. The second kappa shape index (κ2) is 14.2. The summed E-state index contributed by atoms with van der Waals surface area (Å²) < 4.78 is 10.7. The molecule has 1 heterocycles. The van der Waals surface area contributed by atoms with Gasteiger partial charge in [-0.15, -0.1) is 0 Å².